The lowest BCUT2D eigenvalue weighted by Gasteiger charge is -2.15. The van der Waals surface area contributed by atoms with Crippen molar-refractivity contribution in [3.63, 3.8) is 0 Å². The third kappa shape index (κ3) is 6.87. The largest absolute Gasteiger partial charge is 0.382 e. The van der Waals surface area contributed by atoms with Gasteiger partial charge < -0.3 is 20.5 Å². The number of amides is 2. The van der Waals surface area contributed by atoms with Crippen LogP contribution in [-0.2, 0) is 25.5 Å². The minimum atomic E-state index is -0.744. The van der Waals surface area contributed by atoms with Gasteiger partial charge in [-0.3, -0.25) is 9.59 Å². The van der Waals surface area contributed by atoms with E-state index in [0.29, 0.717) is 19.6 Å². The van der Waals surface area contributed by atoms with Crippen molar-refractivity contribution in [2.45, 2.75) is 19.4 Å². The van der Waals surface area contributed by atoms with Gasteiger partial charge in [-0.25, -0.2) is 0 Å². The van der Waals surface area contributed by atoms with Gasteiger partial charge in [0.1, 0.15) is 12.6 Å². The standard InChI is InChI=1S/C15H22N2O4/c1-11-3-5-12(6-4-11)9-13(15(16)19)17-14(18)10-21-8-7-20-2/h3-6,13H,7-10H2,1-2H3,(H2,16,19)(H,17,18)/t13-/m1/s1. The van der Waals surface area contributed by atoms with Crippen LogP contribution in [0.25, 0.3) is 0 Å². The Morgan fingerprint density at radius 1 is 1.24 bits per heavy atom. The van der Waals surface area contributed by atoms with E-state index in [4.69, 9.17) is 15.2 Å². The third-order valence-electron chi connectivity index (χ3n) is 2.90. The molecule has 1 rings (SSSR count). The number of rotatable bonds is 9. The quantitative estimate of drug-likeness (QED) is 0.635. The number of hydrogen-bond donors (Lipinski definition) is 2. The Morgan fingerprint density at radius 2 is 1.90 bits per heavy atom. The number of nitrogens with one attached hydrogen (secondary N) is 1. The van der Waals surface area contributed by atoms with Crippen molar-refractivity contribution in [2.24, 2.45) is 5.73 Å². The van der Waals surface area contributed by atoms with Crippen LogP contribution >= 0.6 is 0 Å². The number of benzene rings is 1. The molecular formula is C15H22N2O4. The van der Waals surface area contributed by atoms with Crippen molar-refractivity contribution in [1.29, 1.82) is 0 Å². The zero-order chi connectivity index (χ0) is 15.7. The number of aryl methyl sites for hydroxylation is 1. The van der Waals surface area contributed by atoms with E-state index in [1.807, 2.05) is 31.2 Å². The van der Waals surface area contributed by atoms with E-state index < -0.39 is 11.9 Å². The molecule has 0 aliphatic heterocycles. The van der Waals surface area contributed by atoms with Crippen LogP contribution in [0, 0.1) is 6.92 Å². The maximum absolute atomic E-state index is 11.7. The maximum atomic E-state index is 11.7. The summed E-state index contributed by atoms with van der Waals surface area (Å²) in [6.07, 6.45) is 0.361. The van der Waals surface area contributed by atoms with E-state index >= 15 is 0 Å². The number of methoxy groups -OCH3 is 1. The molecule has 0 bridgehead atoms. The Morgan fingerprint density at radius 3 is 2.48 bits per heavy atom. The van der Waals surface area contributed by atoms with Crippen LogP contribution < -0.4 is 11.1 Å². The van der Waals surface area contributed by atoms with Crippen molar-refractivity contribution in [1.82, 2.24) is 5.32 Å². The fraction of sp³-hybridized carbons (Fsp3) is 0.467. The summed E-state index contributed by atoms with van der Waals surface area (Å²) in [4.78, 5) is 23.1. The van der Waals surface area contributed by atoms with Crippen LogP contribution in [0.1, 0.15) is 11.1 Å². The lowest BCUT2D eigenvalue weighted by atomic mass is 10.0. The topological polar surface area (TPSA) is 90.7 Å². The van der Waals surface area contributed by atoms with E-state index in [-0.39, 0.29) is 12.5 Å². The molecule has 2 amide bonds. The molecule has 1 aromatic rings. The third-order valence-corrected chi connectivity index (χ3v) is 2.90. The van der Waals surface area contributed by atoms with Gasteiger partial charge in [0, 0.05) is 13.5 Å². The molecule has 1 atom stereocenters. The Hall–Kier alpha value is -1.92. The summed E-state index contributed by atoms with van der Waals surface area (Å²) in [5.74, 6) is -0.942. The highest BCUT2D eigenvalue weighted by molar-refractivity contribution is 5.87. The van der Waals surface area contributed by atoms with Gasteiger partial charge in [0.2, 0.25) is 11.8 Å². The number of nitrogens with two attached hydrogens (primary N) is 1. The zero-order valence-electron chi connectivity index (χ0n) is 12.4. The molecule has 116 valence electrons. The second-order valence-electron chi connectivity index (χ2n) is 4.76. The molecule has 0 unspecified atom stereocenters. The average Bonchev–Trinajstić information content (AvgIpc) is 2.45. The van der Waals surface area contributed by atoms with Gasteiger partial charge >= 0.3 is 0 Å². The molecular weight excluding hydrogens is 272 g/mol. The molecule has 0 aromatic heterocycles. The van der Waals surface area contributed by atoms with E-state index in [2.05, 4.69) is 5.32 Å². The summed E-state index contributed by atoms with van der Waals surface area (Å²) in [6.45, 7) is 2.59. The monoisotopic (exact) mass is 294 g/mol. The van der Waals surface area contributed by atoms with Gasteiger partial charge in [-0.2, -0.15) is 0 Å². The van der Waals surface area contributed by atoms with Crippen molar-refractivity contribution >= 4 is 11.8 Å². The van der Waals surface area contributed by atoms with Crippen LogP contribution in [0.3, 0.4) is 0 Å². The fourth-order valence-electron chi connectivity index (χ4n) is 1.73. The summed E-state index contributed by atoms with van der Waals surface area (Å²) < 4.78 is 9.89. The highest BCUT2D eigenvalue weighted by Gasteiger charge is 2.18. The van der Waals surface area contributed by atoms with Crippen LogP contribution in [0.4, 0.5) is 0 Å². The molecule has 0 saturated heterocycles. The van der Waals surface area contributed by atoms with E-state index in [1.54, 1.807) is 7.11 Å². The van der Waals surface area contributed by atoms with Gasteiger partial charge in [0.15, 0.2) is 0 Å². The van der Waals surface area contributed by atoms with E-state index in [9.17, 15) is 9.59 Å². The SMILES string of the molecule is COCCOCC(=O)N[C@H](Cc1ccc(C)cc1)C(N)=O. The minimum Gasteiger partial charge on any atom is -0.382 e. The van der Waals surface area contributed by atoms with Gasteiger partial charge in [-0.05, 0) is 12.5 Å². The highest BCUT2D eigenvalue weighted by atomic mass is 16.5. The van der Waals surface area contributed by atoms with Crippen molar-refractivity contribution in [3.8, 4) is 0 Å². The Balaban J connectivity index is 2.48. The van der Waals surface area contributed by atoms with Crippen LogP contribution in [0.15, 0.2) is 24.3 Å². The number of hydrogen-bond acceptors (Lipinski definition) is 4. The lowest BCUT2D eigenvalue weighted by Crippen LogP contribution is -2.47. The zero-order valence-corrected chi connectivity index (χ0v) is 12.4. The van der Waals surface area contributed by atoms with Crippen molar-refractivity contribution in [2.75, 3.05) is 26.9 Å². The average molecular weight is 294 g/mol. The summed E-state index contributed by atoms with van der Waals surface area (Å²) in [5.41, 5.74) is 7.39. The van der Waals surface area contributed by atoms with Crippen LogP contribution in [0.5, 0.6) is 0 Å². The Labute approximate surface area is 124 Å². The molecule has 0 saturated carbocycles. The predicted molar refractivity (Wildman–Crippen MR) is 78.7 cm³/mol. The minimum absolute atomic E-state index is 0.124. The van der Waals surface area contributed by atoms with Gasteiger partial charge in [0.25, 0.3) is 0 Å². The van der Waals surface area contributed by atoms with Crippen LogP contribution in [-0.4, -0.2) is 44.8 Å². The molecule has 6 heteroatoms. The highest BCUT2D eigenvalue weighted by Crippen LogP contribution is 2.06. The van der Waals surface area contributed by atoms with Gasteiger partial charge in [-0.15, -0.1) is 0 Å². The molecule has 3 N–H and O–H groups in total. The molecule has 0 aliphatic carbocycles. The first-order valence-electron chi connectivity index (χ1n) is 6.74. The lowest BCUT2D eigenvalue weighted by molar-refractivity contribution is -0.130. The van der Waals surface area contributed by atoms with E-state index in [0.717, 1.165) is 11.1 Å². The summed E-state index contributed by atoms with van der Waals surface area (Å²) in [7, 11) is 1.55. The number of carbonyl (C=O) groups is 2. The molecule has 6 nitrogen and oxygen atoms in total. The first-order valence-corrected chi connectivity index (χ1v) is 6.74. The second kappa shape index (κ2) is 9.10. The molecule has 1 aromatic carbocycles. The smallest absolute Gasteiger partial charge is 0.246 e. The van der Waals surface area contributed by atoms with Crippen LogP contribution in [0.2, 0.25) is 0 Å². The maximum Gasteiger partial charge on any atom is 0.246 e. The second-order valence-corrected chi connectivity index (χ2v) is 4.76. The number of ether oxygens (including phenoxy) is 2. The van der Waals surface area contributed by atoms with E-state index in [1.165, 1.54) is 0 Å². The first-order chi connectivity index (χ1) is 10.0. The van der Waals surface area contributed by atoms with Crippen molar-refractivity contribution < 1.29 is 19.1 Å². The fourth-order valence-corrected chi connectivity index (χ4v) is 1.73. The number of primary amides is 1. The molecule has 0 radical (unpaired) electrons. The summed E-state index contributed by atoms with van der Waals surface area (Å²) in [5, 5.41) is 2.58. The molecule has 0 heterocycles. The number of carbonyl (C=O) groups excluding carboxylic acids is 2. The van der Waals surface area contributed by atoms with Gasteiger partial charge in [0.05, 0.1) is 13.2 Å². The molecule has 0 fully saturated rings. The van der Waals surface area contributed by atoms with Gasteiger partial charge in [-0.1, -0.05) is 29.8 Å². The Kier molecular flexibility index (Phi) is 7.42. The summed E-state index contributed by atoms with van der Waals surface area (Å²) in [6, 6.07) is 6.97. The first kappa shape index (κ1) is 17.1. The molecule has 21 heavy (non-hydrogen) atoms. The normalized spacial score (nSPS) is 11.9. The molecule has 0 spiro atoms. The van der Waals surface area contributed by atoms with Crippen molar-refractivity contribution in [3.05, 3.63) is 35.4 Å². The molecule has 0 aliphatic rings. The Bertz CT molecular complexity index is 459. The summed E-state index contributed by atoms with van der Waals surface area (Å²) >= 11 is 0. The predicted octanol–water partition coefficient (Wildman–Crippen LogP) is 0.171.